The molecule has 2 aliphatic heterocycles. The molecule has 1 N–H and O–H groups in total. The van der Waals surface area contributed by atoms with Gasteiger partial charge in [-0.05, 0) is 79.4 Å². The zero-order chi connectivity index (χ0) is 26.0. The van der Waals surface area contributed by atoms with Crippen LogP contribution in [0.25, 0.3) is 0 Å². The molecule has 0 fully saturated rings. The van der Waals surface area contributed by atoms with Crippen LogP contribution in [0.5, 0.6) is 0 Å². The predicted octanol–water partition coefficient (Wildman–Crippen LogP) is 4.89. The lowest BCUT2D eigenvalue weighted by molar-refractivity contribution is 0.00880. The summed E-state index contributed by atoms with van der Waals surface area (Å²) in [4.78, 5) is 28.5. The number of carbonyl (C=O) groups is 2. The predicted molar refractivity (Wildman–Crippen MR) is 138 cm³/mol. The van der Waals surface area contributed by atoms with Crippen LogP contribution in [-0.4, -0.2) is 60.3 Å². The topological polar surface area (TPSA) is 119 Å². The average Bonchev–Trinajstić information content (AvgIpc) is 3.10. The Kier molecular flexibility index (Phi) is 7.83. The lowest BCUT2D eigenvalue weighted by Crippen LogP contribution is -2.38. The Bertz CT molecular complexity index is 1270. The number of nitriles is 1. The molecular formula is C26H28BrN5O4. The van der Waals surface area contributed by atoms with Gasteiger partial charge in [0.15, 0.2) is 0 Å². The molecule has 0 aromatic heterocycles. The summed E-state index contributed by atoms with van der Waals surface area (Å²) >= 11 is 3.39. The second-order valence-electron chi connectivity index (χ2n) is 9.07. The maximum absolute atomic E-state index is 12.7. The third-order valence-electron chi connectivity index (χ3n) is 6.21. The van der Waals surface area contributed by atoms with Gasteiger partial charge in [0.2, 0.25) is 0 Å². The molecule has 0 saturated heterocycles. The Labute approximate surface area is 218 Å². The van der Waals surface area contributed by atoms with Crippen molar-refractivity contribution < 1.29 is 19.4 Å². The van der Waals surface area contributed by atoms with Crippen LogP contribution in [-0.2, 0) is 11.2 Å². The number of amides is 2. The van der Waals surface area contributed by atoms with E-state index in [4.69, 9.17) is 4.74 Å². The number of aliphatic hydroxyl groups is 1. The van der Waals surface area contributed by atoms with Crippen LogP contribution in [0.1, 0.15) is 59.0 Å². The number of benzene rings is 2. The summed E-state index contributed by atoms with van der Waals surface area (Å²) < 4.78 is 5.82. The molecule has 0 radical (unpaired) electrons. The zero-order valence-corrected chi connectivity index (χ0v) is 22.1. The molecule has 1 unspecified atom stereocenters. The van der Waals surface area contributed by atoms with Crippen molar-refractivity contribution in [1.29, 1.82) is 5.26 Å². The number of imide groups is 1. The van der Waals surface area contributed by atoms with Gasteiger partial charge in [0.25, 0.3) is 11.8 Å². The van der Waals surface area contributed by atoms with Crippen LogP contribution in [0, 0.1) is 11.3 Å². The van der Waals surface area contributed by atoms with E-state index in [-0.39, 0.29) is 46.1 Å². The van der Waals surface area contributed by atoms with Crippen molar-refractivity contribution in [3.63, 3.8) is 0 Å². The molecular weight excluding hydrogens is 526 g/mol. The SMILES string of the molecule is CCN1C(=O)c2cc(C#N)c(N=Nc3ccc4c(c3)CCCN4CC(O)COC(C)C)c(Br)c2C1=O. The van der Waals surface area contributed by atoms with Gasteiger partial charge in [-0.2, -0.15) is 10.4 Å². The van der Waals surface area contributed by atoms with E-state index in [0.29, 0.717) is 12.2 Å². The number of hydrogen-bond acceptors (Lipinski definition) is 8. The second-order valence-corrected chi connectivity index (χ2v) is 9.87. The fraction of sp³-hybridized carbons (Fsp3) is 0.423. The number of azo groups is 1. The van der Waals surface area contributed by atoms with E-state index in [0.717, 1.165) is 35.5 Å². The number of hydrogen-bond donors (Lipinski definition) is 1. The molecule has 0 spiro atoms. The van der Waals surface area contributed by atoms with Gasteiger partial charge in [-0.3, -0.25) is 14.5 Å². The van der Waals surface area contributed by atoms with E-state index in [2.05, 4.69) is 37.1 Å². The molecule has 36 heavy (non-hydrogen) atoms. The summed E-state index contributed by atoms with van der Waals surface area (Å²) in [5.41, 5.74) is 3.52. The van der Waals surface area contributed by atoms with Crippen LogP contribution in [0.4, 0.5) is 17.1 Å². The fourth-order valence-electron chi connectivity index (χ4n) is 4.49. The van der Waals surface area contributed by atoms with Crippen LogP contribution < -0.4 is 4.90 Å². The molecule has 2 aromatic rings. The number of aryl methyl sites for hydroxylation is 1. The van der Waals surface area contributed by atoms with E-state index >= 15 is 0 Å². The van der Waals surface area contributed by atoms with E-state index in [1.54, 1.807) is 6.92 Å². The highest BCUT2D eigenvalue weighted by Gasteiger charge is 2.38. The van der Waals surface area contributed by atoms with Crippen LogP contribution in [0.15, 0.2) is 39.0 Å². The Morgan fingerprint density at radius 3 is 2.69 bits per heavy atom. The van der Waals surface area contributed by atoms with Crippen molar-refractivity contribution in [2.24, 2.45) is 10.2 Å². The summed E-state index contributed by atoms with van der Waals surface area (Å²) in [6.07, 6.45) is 1.31. The molecule has 2 aromatic carbocycles. The summed E-state index contributed by atoms with van der Waals surface area (Å²) in [6, 6.07) is 9.20. The fourth-order valence-corrected chi connectivity index (χ4v) is 5.17. The number of rotatable bonds is 8. The van der Waals surface area contributed by atoms with Crippen LogP contribution in [0.3, 0.4) is 0 Å². The number of fused-ring (bicyclic) bond motifs is 2. The molecule has 2 amide bonds. The first-order chi connectivity index (χ1) is 17.2. The van der Waals surface area contributed by atoms with Gasteiger partial charge in [0, 0.05) is 25.3 Å². The number of β-amino-alcohol motifs (C(OH)–C–C–N with tert-alkyl or cyclic N) is 1. The molecule has 4 rings (SSSR count). The number of aliphatic hydroxyl groups excluding tert-OH is 1. The van der Waals surface area contributed by atoms with Crippen molar-refractivity contribution in [1.82, 2.24) is 4.90 Å². The van der Waals surface area contributed by atoms with E-state index < -0.39 is 17.9 Å². The van der Waals surface area contributed by atoms with Crippen molar-refractivity contribution in [3.05, 3.63) is 51.0 Å². The van der Waals surface area contributed by atoms with Gasteiger partial charge in [-0.25, -0.2) is 0 Å². The molecule has 1 atom stereocenters. The first kappa shape index (κ1) is 25.9. The van der Waals surface area contributed by atoms with Crippen molar-refractivity contribution in [3.8, 4) is 6.07 Å². The van der Waals surface area contributed by atoms with Crippen LogP contribution in [0.2, 0.25) is 0 Å². The Hall–Kier alpha value is -3.13. The number of nitrogens with zero attached hydrogens (tertiary/aromatic N) is 5. The minimum absolute atomic E-state index is 0.0673. The van der Waals surface area contributed by atoms with E-state index in [1.165, 1.54) is 6.07 Å². The number of anilines is 1. The maximum atomic E-state index is 12.7. The smallest absolute Gasteiger partial charge is 0.262 e. The molecule has 9 nitrogen and oxygen atoms in total. The Balaban J connectivity index is 1.59. The third kappa shape index (κ3) is 5.05. The lowest BCUT2D eigenvalue weighted by Gasteiger charge is -2.33. The van der Waals surface area contributed by atoms with Crippen molar-refractivity contribution in [2.75, 3.05) is 31.1 Å². The van der Waals surface area contributed by atoms with Gasteiger partial charge < -0.3 is 14.7 Å². The molecule has 0 bridgehead atoms. The second kappa shape index (κ2) is 10.9. The normalized spacial score (nSPS) is 16.0. The summed E-state index contributed by atoms with van der Waals surface area (Å²) in [5.74, 6) is -0.835. The third-order valence-corrected chi connectivity index (χ3v) is 6.98. The van der Waals surface area contributed by atoms with Gasteiger partial charge in [0.05, 0.1) is 45.7 Å². The van der Waals surface area contributed by atoms with Gasteiger partial charge in [-0.1, -0.05) is 0 Å². The number of carbonyl (C=O) groups excluding carboxylic acids is 2. The molecule has 10 heteroatoms. The Morgan fingerprint density at radius 1 is 1.22 bits per heavy atom. The molecule has 0 aliphatic carbocycles. The lowest BCUT2D eigenvalue weighted by atomic mass is 10.0. The Morgan fingerprint density at radius 2 is 2.00 bits per heavy atom. The van der Waals surface area contributed by atoms with E-state index in [9.17, 15) is 20.0 Å². The molecule has 0 saturated carbocycles. The first-order valence-electron chi connectivity index (χ1n) is 12.0. The van der Waals surface area contributed by atoms with Gasteiger partial charge in [-0.15, -0.1) is 5.11 Å². The quantitative estimate of drug-likeness (QED) is 0.367. The van der Waals surface area contributed by atoms with Gasteiger partial charge >= 0.3 is 0 Å². The standard InChI is InChI=1S/C26H28BrN5O4/c1-4-32-25(34)20-11-17(12-28)24(23(27)22(20)26(32)35)30-29-18-7-8-21-16(10-18)6-5-9-31(21)13-19(33)14-36-15(2)3/h7-8,10-11,15,19,33H,4-6,9,13-14H2,1-3H3. The average molecular weight is 554 g/mol. The number of ether oxygens (including phenoxy) is 1. The van der Waals surface area contributed by atoms with Crippen molar-refractivity contribution in [2.45, 2.75) is 45.8 Å². The maximum Gasteiger partial charge on any atom is 0.262 e. The summed E-state index contributed by atoms with van der Waals surface area (Å²) in [5, 5.41) is 28.7. The highest BCUT2D eigenvalue weighted by Crippen LogP contribution is 2.40. The minimum atomic E-state index is -0.586. The zero-order valence-electron chi connectivity index (χ0n) is 20.5. The molecule has 2 heterocycles. The highest BCUT2D eigenvalue weighted by molar-refractivity contribution is 9.10. The molecule has 188 valence electrons. The van der Waals surface area contributed by atoms with Crippen molar-refractivity contribution >= 4 is 44.8 Å². The highest BCUT2D eigenvalue weighted by atomic mass is 79.9. The minimum Gasteiger partial charge on any atom is -0.389 e. The van der Waals surface area contributed by atoms with E-state index in [1.807, 2.05) is 32.0 Å². The molecule has 2 aliphatic rings. The monoisotopic (exact) mass is 553 g/mol. The van der Waals surface area contributed by atoms with Crippen LogP contribution >= 0.6 is 15.9 Å². The summed E-state index contributed by atoms with van der Waals surface area (Å²) in [7, 11) is 0. The number of halogens is 1. The van der Waals surface area contributed by atoms with Gasteiger partial charge in [0.1, 0.15) is 11.8 Å². The largest absolute Gasteiger partial charge is 0.389 e. The first-order valence-corrected chi connectivity index (χ1v) is 12.8. The summed E-state index contributed by atoms with van der Waals surface area (Å²) in [6.45, 7) is 7.46.